The second kappa shape index (κ2) is 3.76. The zero-order chi connectivity index (χ0) is 8.97. The second-order valence-electron chi connectivity index (χ2n) is 2.54. The Morgan fingerprint density at radius 1 is 1.50 bits per heavy atom. The fraction of sp³-hybridized carbons (Fsp3) is 0.222. The molecule has 0 spiro atoms. The fourth-order valence-electron chi connectivity index (χ4n) is 0.856. The average Bonchev–Trinajstić information content (AvgIpc) is 2.05. The fourth-order valence-corrected chi connectivity index (χ4v) is 0.856. The molecule has 0 bridgehead atoms. The molecule has 0 aliphatic rings. The van der Waals surface area contributed by atoms with Crippen LogP contribution < -0.4 is 0 Å². The summed E-state index contributed by atoms with van der Waals surface area (Å²) in [5, 5.41) is 0. The molecule has 1 rings (SSSR count). The minimum absolute atomic E-state index is 0.0360. The summed E-state index contributed by atoms with van der Waals surface area (Å²) in [5.74, 6) is -0.292. The van der Waals surface area contributed by atoms with Crippen molar-refractivity contribution >= 4 is 11.6 Å². The van der Waals surface area contributed by atoms with Gasteiger partial charge in [0, 0.05) is 18.0 Å². The molecule has 0 aliphatic carbocycles. The van der Waals surface area contributed by atoms with E-state index >= 15 is 0 Å². The van der Waals surface area contributed by atoms with Crippen LogP contribution in [0, 0.1) is 0 Å². The van der Waals surface area contributed by atoms with Crippen molar-refractivity contribution in [3.63, 3.8) is 0 Å². The Bertz CT molecular complexity index is 293. The van der Waals surface area contributed by atoms with Crippen molar-refractivity contribution < 1.29 is 9.59 Å². The number of rotatable bonds is 3. The summed E-state index contributed by atoms with van der Waals surface area (Å²) in [6.45, 7) is 1.40. The lowest BCUT2D eigenvalue weighted by molar-refractivity contribution is -0.116. The molecule has 0 N–H and O–H groups in total. The summed E-state index contributed by atoms with van der Waals surface area (Å²) in [7, 11) is 0. The Morgan fingerprint density at radius 3 is 2.75 bits per heavy atom. The first-order valence-electron chi connectivity index (χ1n) is 3.63. The van der Waals surface area contributed by atoms with Crippen LogP contribution in [-0.4, -0.2) is 16.6 Å². The van der Waals surface area contributed by atoms with E-state index < -0.39 is 0 Å². The summed E-state index contributed by atoms with van der Waals surface area (Å²) in [4.78, 5) is 25.6. The molecule has 0 aliphatic heterocycles. The second-order valence-corrected chi connectivity index (χ2v) is 2.54. The number of carbonyl (C=O) groups is 2. The Morgan fingerprint density at radius 2 is 2.25 bits per heavy atom. The van der Waals surface area contributed by atoms with E-state index in [1.807, 2.05) is 0 Å². The highest BCUT2D eigenvalue weighted by atomic mass is 16.1. The minimum Gasteiger partial charge on any atom is -0.300 e. The van der Waals surface area contributed by atoms with Crippen LogP contribution in [0.15, 0.2) is 24.5 Å². The molecule has 62 valence electrons. The maximum absolute atomic E-state index is 11.2. The van der Waals surface area contributed by atoms with Gasteiger partial charge in [0.25, 0.3) is 0 Å². The van der Waals surface area contributed by atoms with Crippen LogP contribution in [0.4, 0.5) is 0 Å². The van der Waals surface area contributed by atoms with Crippen molar-refractivity contribution in [1.82, 2.24) is 4.98 Å². The van der Waals surface area contributed by atoms with Crippen LogP contribution >= 0.6 is 0 Å². The van der Waals surface area contributed by atoms with Gasteiger partial charge in [-0.25, -0.2) is 0 Å². The molecular weight excluding hydrogens is 154 g/mol. The van der Waals surface area contributed by atoms with E-state index in [1.165, 1.54) is 13.1 Å². The first-order chi connectivity index (χ1) is 5.70. The van der Waals surface area contributed by atoms with E-state index in [2.05, 4.69) is 4.98 Å². The number of aromatic nitrogens is 1. The van der Waals surface area contributed by atoms with E-state index in [4.69, 9.17) is 0 Å². The predicted octanol–water partition coefficient (Wildman–Crippen LogP) is 1.24. The number of Topliss-reactive ketones (excluding diaryl/α,β-unsaturated/α-hetero) is 2. The zero-order valence-electron chi connectivity index (χ0n) is 6.78. The van der Waals surface area contributed by atoms with Gasteiger partial charge in [0.1, 0.15) is 5.78 Å². The van der Waals surface area contributed by atoms with E-state index in [-0.39, 0.29) is 18.0 Å². The normalized spacial score (nSPS) is 9.42. The molecule has 0 unspecified atom stereocenters. The highest BCUT2D eigenvalue weighted by Gasteiger charge is 2.07. The molecule has 1 aromatic rings. The maximum atomic E-state index is 11.2. The highest BCUT2D eigenvalue weighted by molar-refractivity contribution is 6.07. The molecule has 1 aromatic heterocycles. The molecule has 3 heteroatoms. The molecule has 0 saturated heterocycles. The standard InChI is InChI=1S/C9H9NO2/c1-7(11)5-9(12)8-3-2-4-10-6-8/h2-4,6H,5H2,1H3. The molecule has 0 amide bonds. The smallest absolute Gasteiger partial charge is 0.171 e. The lowest BCUT2D eigenvalue weighted by atomic mass is 10.1. The summed E-state index contributed by atoms with van der Waals surface area (Å²) in [6.07, 6.45) is 3.02. The highest BCUT2D eigenvalue weighted by Crippen LogP contribution is 2.00. The SMILES string of the molecule is CC(=O)CC(=O)c1cccnc1. The molecule has 0 radical (unpaired) electrons. The third kappa shape index (κ3) is 2.27. The van der Waals surface area contributed by atoms with E-state index in [0.717, 1.165) is 0 Å². The predicted molar refractivity (Wildman–Crippen MR) is 43.9 cm³/mol. The van der Waals surface area contributed by atoms with Crippen LogP contribution in [0.3, 0.4) is 0 Å². The van der Waals surface area contributed by atoms with E-state index in [0.29, 0.717) is 5.56 Å². The summed E-state index contributed by atoms with van der Waals surface area (Å²) in [6, 6.07) is 3.33. The van der Waals surface area contributed by atoms with Crippen LogP contribution in [0.2, 0.25) is 0 Å². The Hall–Kier alpha value is -1.51. The molecule has 0 saturated carbocycles. The lowest BCUT2D eigenvalue weighted by Gasteiger charge is -1.95. The maximum Gasteiger partial charge on any atom is 0.171 e. The van der Waals surface area contributed by atoms with E-state index in [1.54, 1.807) is 18.3 Å². The molecule has 3 nitrogen and oxygen atoms in total. The van der Waals surface area contributed by atoms with Gasteiger partial charge in [-0.05, 0) is 19.1 Å². The Labute approximate surface area is 70.4 Å². The first-order valence-corrected chi connectivity index (χ1v) is 3.63. The first kappa shape index (κ1) is 8.59. The number of hydrogen-bond donors (Lipinski definition) is 0. The number of carbonyl (C=O) groups excluding carboxylic acids is 2. The molecular formula is C9H9NO2. The topological polar surface area (TPSA) is 47.0 Å². The van der Waals surface area contributed by atoms with Crippen molar-refractivity contribution in [2.45, 2.75) is 13.3 Å². The molecule has 0 aromatic carbocycles. The van der Waals surface area contributed by atoms with Gasteiger partial charge < -0.3 is 0 Å². The quantitative estimate of drug-likeness (QED) is 0.497. The van der Waals surface area contributed by atoms with Gasteiger partial charge in [-0.3, -0.25) is 14.6 Å². The average molecular weight is 163 g/mol. The Balaban J connectivity index is 2.73. The summed E-state index contributed by atoms with van der Waals surface area (Å²) < 4.78 is 0. The molecule has 0 fully saturated rings. The van der Waals surface area contributed by atoms with Crippen molar-refractivity contribution in [2.75, 3.05) is 0 Å². The van der Waals surface area contributed by atoms with Gasteiger partial charge >= 0.3 is 0 Å². The lowest BCUT2D eigenvalue weighted by Crippen LogP contribution is -2.04. The number of hydrogen-bond acceptors (Lipinski definition) is 3. The van der Waals surface area contributed by atoms with Gasteiger partial charge in [-0.1, -0.05) is 0 Å². The molecule has 12 heavy (non-hydrogen) atoms. The monoisotopic (exact) mass is 163 g/mol. The van der Waals surface area contributed by atoms with Gasteiger partial charge in [0.15, 0.2) is 5.78 Å². The third-order valence-corrected chi connectivity index (χ3v) is 1.39. The number of ketones is 2. The largest absolute Gasteiger partial charge is 0.300 e. The van der Waals surface area contributed by atoms with Gasteiger partial charge in [0.05, 0.1) is 6.42 Å². The molecule has 0 atom stereocenters. The van der Waals surface area contributed by atoms with Crippen LogP contribution in [0.25, 0.3) is 0 Å². The van der Waals surface area contributed by atoms with Gasteiger partial charge in [0.2, 0.25) is 0 Å². The van der Waals surface area contributed by atoms with Crippen LogP contribution in [0.5, 0.6) is 0 Å². The van der Waals surface area contributed by atoms with Crippen LogP contribution in [-0.2, 0) is 4.79 Å². The van der Waals surface area contributed by atoms with Gasteiger partial charge in [-0.2, -0.15) is 0 Å². The Kier molecular flexibility index (Phi) is 2.69. The van der Waals surface area contributed by atoms with Crippen molar-refractivity contribution in [2.24, 2.45) is 0 Å². The zero-order valence-corrected chi connectivity index (χ0v) is 6.78. The van der Waals surface area contributed by atoms with E-state index in [9.17, 15) is 9.59 Å². The summed E-state index contributed by atoms with van der Waals surface area (Å²) in [5.41, 5.74) is 0.493. The third-order valence-electron chi connectivity index (χ3n) is 1.39. The minimum atomic E-state index is -0.171. The summed E-state index contributed by atoms with van der Waals surface area (Å²) >= 11 is 0. The number of nitrogens with zero attached hydrogens (tertiary/aromatic N) is 1. The van der Waals surface area contributed by atoms with Crippen molar-refractivity contribution in [1.29, 1.82) is 0 Å². The van der Waals surface area contributed by atoms with Crippen molar-refractivity contribution in [3.05, 3.63) is 30.1 Å². The van der Waals surface area contributed by atoms with Crippen molar-refractivity contribution in [3.8, 4) is 0 Å². The molecule has 1 heterocycles. The number of pyridine rings is 1. The van der Waals surface area contributed by atoms with Crippen LogP contribution in [0.1, 0.15) is 23.7 Å². The van der Waals surface area contributed by atoms with Gasteiger partial charge in [-0.15, -0.1) is 0 Å².